The third-order valence-corrected chi connectivity index (χ3v) is 5.31. The molecule has 1 fully saturated rings. The molecule has 3 aromatic rings. The zero-order valence-electron chi connectivity index (χ0n) is 16.1. The van der Waals surface area contributed by atoms with Gasteiger partial charge in [0.1, 0.15) is 11.4 Å². The molecule has 2 aromatic carbocycles. The molecule has 154 valence electrons. The van der Waals surface area contributed by atoms with E-state index >= 15 is 0 Å². The number of halogens is 1. The predicted octanol–water partition coefficient (Wildman–Crippen LogP) is 0.341. The number of amides is 2. The Labute approximate surface area is 188 Å². The lowest BCUT2D eigenvalue weighted by Gasteiger charge is -2.13. The van der Waals surface area contributed by atoms with Gasteiger partial charge in [-0.3, -0.25) is 14.5 Å². The van der Waals surface area contributed by atoms with Crippen molar-refractivity contribution >= 4 is 40.2 Å². The molecule has 1 aromatic heterocycles. The maximum atomic E-state index is 11.9. The van der Waals surface area contributed by atoms with E-state index in [1.54, 1.807) is 25.5 Å². The number of hydrogen-bond donors (Lipinski definition) is 1. The lowest BCUT2D eigenvalue weighted by molar-refractivity contribution is -0.341. The highest BCUT2D eigenvalue weighted by atomic mass is 79.9. The highest BCUT2D eigenvalue weighted by Crippen LogP contribution is 2.26. The number of carbonyl (C=O) groups excluding carboxylic acids is 2. The molecule has 4 rings (SSSR count). The minimum absolute atomic E-state index is 0. The Morgan fingerprint density at radius 3 is 2.37 bits per heavy atom. The Hall–Kier alpha value is -3.04. The number of hydrazone groups is 1. The Balaban J connectivity index is 0.00000256. The van der Waals surface area contributed by atoms with Crippen molar-refractivity contribution in [1.29, 1.82) is 0 Å². The lowest BCUT2D eigenvalue weighted by atomic mass is 10.1. The third-order valence-electron chi connectivity index (χ3n) is 4.53. The second-order valence-electron chi connectivity index (χ2n) is 6.42. The SMILES string of the molecule is COc1ccc(C=NNc2[nH+]c(-c3ccc(N4C(=O)CCC4=O)cc3)cs2)cc1.[Br-]. The molecule has 1 aliphatic rings. The van der Waals surface area contributed by atoms with E-state index in [2.05, 4.69) is 15.5 Å². The molecule has 7 nitrogen and oxygen atoms in total. The van der Waals surface area contributed by atoms with E-state index < -0.39 is 0 Å². The predicted molar refractivity (Wildman–Crippen MR) is 112 cm³/mol. The van der Waals surface area contributed by atoms with Crippen molar-refractivity contribution in [3.8, 4) is 17.0 Å². The van der Waals surface area contributed by atoms with Crippen LogP contribution in [0.2, 0.25) is 0 Å². The molecule has 1 saturated heterocycles. The highest BCUT2D eigenvalue weighted by molar-refractivity contribution is 7.13. The quantitative estimate of drug-likeness (QED) is 0.309. The fourth-order valence-corrected chi connectivity index (χ4v) is 3.71. The number of benzene rings is 2. The van der Waals surface area contributed by atoms with Gasteiger partial charge in [0, 0.05) is 23.8 Å². The average Bonchev–Trinajstić information content (AvgIpc) is 3.35. The smallest absolute Gasteiger partial charge is 0.357 e. The molecule has 1 aliphatic heterocycles. The Kier molecular flexibility index (Phi) is 6.96. The van der Waals surface area contributed by atoms with Crippen LogP contribution < -0.4 is 37.0 Å². The Morgan fingerprint density at radius 1 is 1.07 bits per heavy atom. The van der Waals surface area contributed by atoms with Gasteiger partial charge in [0.2, 0.25) is 11.8 Å². The van der Waals surface area contributed by atoms with E-state index in [1.807, 2.05) is 41.8 Å². The van der Waals surface area contributed by atoms with Crippen LogP contribution in [-0.2, 0) is 9.59 Å². The summed E-state index contributed by atoms with van der Waals surface area (Å²) in [6.07, 6.45) is 2.29. The summed E-state index contributed by atoms with van der Waals surface area (Å²) in [6.45, 7) is 0. The van der Waals surface area contributed by atoms with E-state index in [0.717, 1.165) is 27.7 Å². The topological polar surface area (TPSA) is 85.1 Å². The van der Waals surface area contributed by atoms with Crippen LogP contribution in [0, 0.1) is 0 Å². The summed E-state index contributed by atoms with van der Waals surface area (Å²) in [5.41, 5.74) is 6.42. The molecule has 0 bridgehead atoms. The number of carbonyl (C=O) groups is 2. The monoisotopic (exact) mass is 486 g/mol. The van der Waals surface area contributed by atoms with E-state index in [1.165, 1.54) is 16.2 Å². The molecule has 0 spiro atoms. The Morgan fingerprint density at radius 2 is 1.73 bits per heavy atom. The van der Waals surface area contributed by atoms with Crippen LogP contribution >= 0.6 is 11.3 Å². The van der Waals surface area contributed by atoms with Crippen LogP contribution in [0.25, 0.3) is 11.3 Å². The fraction of sp³-hybridized carbons (Fsp3) is 0.143. The van der Waals surface area contributed by atoms with Gasteiger partial charge < -0.3 is 21.7 Å². The largest absolute Gasteiger partial charge is 1.00 e. The van der Waals surface area contributed by atoms with Crippen molar-refractivity contribution in [1.82, 2.24) is 0 Å². The number of nitrogens with zero attached hydrogens (tertiary/aromatic N) is 2. The van der Waals surface area contributed by atoms with Gasteiger partial charge in [0.15, 0.2) is 0 Å². The van der Waals surface area contributed by atoms with Crippen molar-refractivity contribution in [2.75, 3.05) is 17.4 Å². The number of aromatic amines is 1. The van der Waals surface area contributed by atoms with Crippen molar-refractivity contribution in [3.05, 3.63) is 59.5 Å². The van der Waals surface area contributed by atoms with Gasteiger partial charge in [-0.25, -0.2) is 4.98 Å². The maximum Gasteiger partial charge on any atom is 0.357 e. The van der Waals surface area contributed by atoms with E-state index in [0.29, 0.717) is 5.69 Å². The highest BCUT2D eigenvalue weighted by Gasteiger charge is 2.30. The number of imide groups is 1. The van der Waals surface area contributed by atoms with Gasteiger partial charge in [-0.05, 0) is 54.1 Å². The molecule has 2 amide bonds. The average molecular weight is 487 g/mol. The van der Waals surface area contributed by atoms with Crippen molar-refractivity contribution in [3.63, 3.8) is 0 Å². The molecule has 0 unspecified atom stereocenters. The minimum Gasteiger partial charge on any atom is -1.00 e. The fourth-order valence-electron chi connectivity index (χ4n) is 3.00. The lowest BCUT2D eigenvalue weighted by Crippen LogP contribution is -3.00. The normalized spacial score (nSPS) is 13.6. The number of thiazole rings is 1. The first-order chi connectivity index (χ1) is 14.1. The van der Waals surface area contributed by atoms with Crippen LogP contribution in [-0.4, -0.2) is 25.1 Å². The van der Waals surface area contributed by atoms with Gasteiger partial charge >= 0.3 is 5.13 Å². The first kappa shape index (κ1) is 21.7. The molecule has 0 radical (unpaired) electrons. The van der Waals surface area contributed by atoms with Crippen molar-refractivity contribution in [2.24, 2.45) is 5.10 Å². The van der Waals surface area contributed by atoms with Gasteiger partial charge in [0.05, 0.1) is 19.0 Å². The number of anilines is 2. The molecule has 0 atom stereocenters. The number of hydrogen-bond acceptors (Lipinski definition) is 6. The van der Waals surface area contributed by atoms with Crippen molar-refractivity contribution < 1.29 is 36.3 Å². The van der Waals surface area contributed by atoms with Crippen LogP contribution in [0.5, 0.6) is 5.75 Å². The summed E-state index contributed by atoms with van der Waals surface area (Å²) in [4.78, 5) is 28.2. The maximum absolute atomic E-state index is 11.9. The summed E-state index contributed by atoms with van der Waals surface area (Å²) < 4.78 is 5.14. The second-order valence-corrected chi connectivity index (χ2v) is 7.30. The number of nitrogens with one attached hydrogen (secondary N) is 2. The van der Waals surface area contributed by atoms with Crippen LogP contribution in [0.1, 0.15) is 18.4 Å². The summed E-state index contributed by atoms with van der Waals surface area (Å²) in [6, 6.07) is 14.9. The van der Waals surface area contributed by atoms with Gasteiger partial charge in [-0.15, -0.1) is 5.43 Å². The zero-order chi connectivity index (χ0) is 20.2. The first-order valence-corrected chi connectivity index (χ1v) is 9.92. The number of rotatable bonds is 6. The van der Waals surface area contributed by atoms with Crippen LogP contribution in [0.15, 0.2) is 59.0 Å². The molecule has 2 heterocycles. The summed E-state index contributed by atoms with van der Waals surface area (Å²) >= 11 is 1.50. The third kappa shape index (κ3) is 4.74. The van der Waals surface area contributed by atoms with Gasteiger partial charge in [-0.1, -0.05) is 16.4 Å². The van der Waals surface area contributed by atoms with Crippen LogP contribution in [0.3, 0.4) is 0 Å². The van der Waals surface area contributed by atoms with E-state index in [9.17, 15) is 9.59 Å². The minimum atomic E-state index is -0.147. The summed E-state index contributed by atoms with van der Waals surface area (Å²) in [5.74, 6) is 0.507. The molecule has 9 heteroatoms. The molecule has 30 heavy (non-hydrogen) atoms. The number of methoxy groups -OCH3 is 1. The number of ether oxygens (including phenoxy) is 1. The standard InChI is InChI=1S/C21H18N4O3S.BrH/c1-28-17-8-2-14(3-9-17)12-22-24-21-23-18(13-29-21)15-4-6-16(7-5-15)25-19(26)10-11-20(25)27;/h2-9,12-13H,10-11H2,1H3,(H,23,24);1H. The second kappa shape index (κ2) is 9.64. The van der Waals surface area contributed by atoms with Gasteiger partial charge in [-0.2, -0.15) is 0 Å². The van der Waals surface area contributed by atoms with Crippen LogP contribution in [0.4, 0.5) is 10.8 Å². The van der Waals surface area contributed by atoms with Gasteiger partial charge in [0.25, 0.3) is 0 Å². The molecular formula is C21H19BrN4O3S. The molecule has 0 aliphatic carbocycles. The number of H-pyrrole nitrogens is 1. The molecule has 2 N–H and O–H groups in total. The van der Waals surface area contributed by atoms with E-state index in [-0.39, 0.29) is 41.6 Å². The summed E-state index contributed by atoms with van der Waals surface area (Å²) in [7, 11) is 1.63. The number of aromatic nitrogens is 1. The zero-order valence-corrected chi connectivity index (χ0v) is 18.5. The Bertz CT molecular complexity index is 1050. The summed E-state index contributed by atoms with van der Waals surface area (Å²) in [5, 5.41) is 7.01. The first-order valence-electron chi connectivity index (χ1n) is 9.04. The van der Waals surface area contributed by atoms with Crippen molar-refractivity contribution in [2.45, 2.75) is 12.8 Å². The molecular weight excluding hydrogens is 468 g/mol. The van der Waals surface area contributed by atoms with E-state index in [4.69, 9.17) is 4.74 Å². The molecule has 0 saturated carbocycles.